The molecule has 4 heteroatoms. The minimum atomic E-state index is -0.653. The topological polar surface area (TPSA) is 58.6 Å². The van der Waals surface area contributed by atoms with Crippen LogP contribution in [0.1, 0.15) is 32.6 Å². The summed E-state index contributed by atoms with van der Waals surface area (Å²) in [6.07, 6.45) is 9.17. The van der Waals surface area contributed by atoms with Crippen molar-refractivity contribution in [1.82, 2.24) is 5.32 Å². The summed E-state index contributed by atoms with van der Waals surface area (Å²) in [5.74, 6) is 0.844. The maximum atomic E-state index is 11.7. The number of carbonyl (C=O) groups excluding carboxylic acids is 1. The molecule has 1 saturated carbocycles. The predicted molar refractivity (Wildman–Crippen MR) is 79.7 cm³/mol. The Bertz CT molecular complexity index is 447. The molecule has 0 aromatic carbocycles. The molecule has 1 rings (SSSR count). The molecule has 0 amide bonds. The Balaban J connectivity index is 2.44. The lowest BCUT2D eigenvalue weighted by molar-refractivity contribution is -0.117. The highest BCUT2D eigenvalue weighted by Crippen LogP contribution is 2.20. The number of allylic oxidation sites excluding steroid dienone is 4. The molecule has 0 aromatic heterocycles. The summed E-state index contributed by atoms with van der Waals surface area (Å²) >= 11 is 0. The lowest BCUT2D eigenvalue weighted by atomic mass is 9.91. The van der Waals surface area contributed by atoms with Crippen molar-refractivity contribution in [3.05, 3.63) is 48.0 Å². The number of rotatable bonds is 6. The number of ether oxygens (including phenoxy) is 1. The first-order chi connectivity index (χ1) is 9.54. The fraction of sp³-hybridized carbons (Fsp3) is 0.438. The van der Waals surface area contributed by atoms with Crippen LogP contribution in [0.15, 0.2) is 48.0 Å². The maximum absolute atomic E-state index is 11.7. The Morgan fingerprint density at radius 3 is 3.00 bits per heavy atom. The number of Topliss-reactive ketones (excluding diaryl/α,β-unsaturated/α-hetero) is 1. The lowest BCUT2D eigenvalue weighted by Crippen LogP contribution is -2.25. The highest BCUT2D eigenvalue weighted by atomic mass is 16.5. The van der Waals surface area contributed by atoms with E-state index in [0.717, 1.165) is 17.9 Å². The van der Waals surface area contributed by atoms with Gasteiger partial charge in [-0.05, 0) is 25.8 Å². The van der Waals surface area contributed by atoms with Crippen LogP contribution in [0.4, 0.5) is 0 Å². The van der Waals surface area contributed by atoms with Crippen molar-refractivity contribution in [3.63, 3.8) is 0 Å². The normalized spacial score (nSPS) is 22.4. The minimum absolute atomic E-state index is 0.0123. The Morgan fingerprint density at radius 2 is 2.35 bits per heavy atom. The van der Waals surface area contributed by atoms with Crippen molar-refractivity contribution < 1.29 is 14.6 Å². The second-order valence-electron chi connectivity index (χ2n) is 4.79. The van der Waals surface area contributed by atoms with Gasteiger partial charge in [0.25, 0.3) is 0 Å². The van der Waals surface area contributed by atoms with E-state index in [9.17, 15) is 9.90 Å². The third kappa shape index (κ3) is 5.45. The highest BCUT2D eigenvalue weighted by molar-refractivity contribution is 5.96. The first kappa shape index (κ1) is 16.2. The standard InChI is InChI=1S/C16H23NO3/c1-12(7-4-5-8-13(2)20-3)17-11-14-15(18)9-6-10-16(14)19/h4-5,8,11,15,17-18H,1,6-7,9-10H2,2-3H3/b5-4?,13-8+,14-11-. The van der Waals surface area contributed by atoms with Gasteiger partial charge in [-0.1, -0.05) is 18.7 Å². The maximum Gasteiger partial charge on any atom is 0.162 e. The molecule has 20 heavy (non-hydrogen) atoms. The van der Waals surface area contributed by atoms with E-state index in [0.29, 0.717) is 24.8 Å². The van der Waals surface area contributed by atoms with Crippen LogP contribution >= 0.6 is 0 Å². The Labute approximate surface area is 120 Å². The van der Waals surface area contributed by atoms with Crippen molar-refractivity contribution in [3.8, 4) is 0 Å². The van der Waals surface area contributed by atoms with Crippen LogP contribution in [0.2, 0.25) is 0 Å². The van der Waals surface area contributed by atoms with Crippen molar-refractivity contribution in [2.45, 2.75) is 38.7 Å². The molecular formula is C16H23NO3. The molecule has 1 aliphatic carbocycles. The molecule has 1 aliphatic rings. The number of carbonyl (C=O) groups is 1. The summed E-state index contributed by atoms with van der Waals surface area (Å²) < 4.78 is 5.00. The molecule has 4 nitrogen and oxygen atoms in total. The van der Waals surface area contributed by atoms with Gasteiger partial charge in [0.15, 0.2) is 5.78 Å². The number of ketones is 1. The number of hydrogen-bond acceptors (Lipinski definition) is 4. The summed E-state index contributed by atoms with van der Waals surface area (Å²) in [5, 5.41) is 12.7. The Kier molecular flexibility index (Phi) is 6.81. The predicted octanol–water partition coefficient (Wildman–Crippen LogP) is 2.58. The third-order valence-electron chi connectivity index (χ3n) is 3.15. The molecule has 0 bridgehead atoms. The van der Waals surface area contributed by atoms with Gasteiger partial charge in [-0.2, -0.15) is 0 Å². The van der Waals surface area contributed by atoms with Gasteiger partial charge < -0.3 is 15.2 Å². The summed E-state index contributed by atoms with van der Waals surface area (Å²) in [6.45, 7) is 5.75. The zero-order valence-electron chi connectivity index (χ0n) is 12.2. The summed E-state index contributed by atoms with van der Waals surface area (Å²) in [6, 6.07) is 0. The molecule has 0 aliphatic heterocycles. The van der Waals surface area contributed by atoms with Crippen LogP contribution in [-0.2, 0) is 9.53 Å². The molecular weight excluding hydrogens is 254 g/mol. The highest BCUT2D eigenvalue weighted by Gasteiger charge is 2.23. The summed E-state index contributed by atoms with van der Waals surface area (Å²) in [5.41, 5.74) is 1.22. The molecule has 1 fully saturated rings. The zero-order valence-corrected chi connectivity index (χ0v) is 12.2. The fourth-order valence-corrected chi connectivity index (χ4v) is 1.84. The van der Waals surface area contributed by atoms with Gasteiger partial charge in [-0.15, -0.1) is 0 Å². The molecule has 2 N–H and O–H groups in total. The van der Waals surface area contributed by atoms with Crippen molar-refractivity contribution in [2.24, 2.45) is 0 Å². The smallest absolute Gasteiger partial charge is 0.162 e. The van der Waals surface area contributed by atoms with E-state index in [1.54, 1.807) is 13.3 Å². The van der Waals surface area contributed by atoms with Crippen LogP contribution in [-0.4, -0.2) is 24.1 Å². The van der Waals surface area contributed by atoms with Crippen LogP contribution in [0.3, 0.4) is 0 Å². The SMILES string of the molecule is C=C(CC=C/C=C(\C)OC)N/C=C1\C(=O)CCCC1O. The third-order valence-corrected chi connectivity index (χ3v) is 3.15. The molecule has 1 unspecified atom stereocenters. The number of nitrogens with one attached hydrogen (secondary N) is 1. The van der Waals surface area contributed by atoms with Crippen LogP contribution in [0.25, 0.3) is 0 Å². The summed E-state index contributed by atoms with van der Waals surface area (Å²) in [7, 11) is 1.62. The van der Waals surface area contributed by atoms with E-state index < -0.39 is 6.10 Å². The number of methoxy groups -OCH3 is 1. The van der Waals surface area contributed by atoms with Crippen molar-refractivity contribution >= 4 is 5.78 Å². The molecule has 0 radical (unpaired) electrons. The van der Waals surface area contributed by atoms with E-state index in [1.807, 2.05) is 25.2 Å². The molecule has 0 spiro atoms. The molecule has 0 heterocycles. The zero-order chi connectivity index (χ0) is 15.0. The van der Waals surface area contributed by atoms with Crippen molar-refractivity contribution in [1.29, 1.82) is 0 Å². The first-order valence-corrected chi connectivity index (χ1v) is 6.77. The molecule has 110 valence electrons. The van der Waals surface area contributed by atoms with E-state index in [2.05, 4.69) is 11.9 Å². The average molecular weight is 277 g/mol. The fourth-order valence-electron chi connectivity index (χ4n) is 1.84. The van der Waals surface area contributed by atoms with Crippen LogP contribution < -0.4 is 5.32 Å². The first-order valence-electron chi connectivity index (χ1n) is 6.77. The molecule has 0 aromatic rings. The monoisotopic (exact) mass is 277 g/mol. The average Bonchev–Trinajstić information content (AvgIpc) is 2.42. The second kappa shape index (κ2) is 8.38. The van der Waals surface area contributed by atoms with Crippen LogP contribution in [0.5, 0.6) is 0 Å². The van der Waals surface area contributed by atoms with Gasteiger partial charge in [-0.25, -0.2) is 0 Å². The molecule has 0 saturated heterocycles. The Morgan fingerprint density at radius 1 is 1.60 bits per heavy atom. The van der Waals surface area contributed by atoms with Gasteiger partial charge in [0.2, 0.25) is 0 Å². The number of hydrogen-bond donors (Lipinski definition) is 2. The molecule has 1 atom stereocenters. The Hall–Kier alpha value is -1.81. The quantitative estimate of drug-likeness (QED) is 0.445. The van der Waals surface area contributed by atoms with Gasteiger partial charge in [0.1, 0.15) is 0 Å². The minimum Gasteiger partial charge on any atom is -0.501 e. The number of aliphatic hydroxyl groups excluding tert-OH is 1. The van der Waals surface area contributed by atoms with Gasteiger partial charge in [-0.3, -0.25) is 4.79 Å². The number of aliphatic hydroxyl groups is 1. The van der Waals surface area contributed by atoms with Gasteiger partial charge >= 0.3 is 0 Å². The van der Waals surface area contributed by atoms with E-state index in [1.165, 1.54) is 0 Å². The van der Waals surface area contributed by atoms with Gasteiger partial charge in [0, 0.05) is 30.3 Å². The van der Waals surface area contributed by atoms with Gasteiger partial charge in [0.05, 0.1) is 19.0 Å². The largest absolute Gasteiger partial charge is 0.501 e. The van der Waals surface area contributed by atoms with E-state index in [4.69, 9.17) is 4.74 Å². The van der Waals surface area contributed by atoms with Crippen molar-refractivity contribution in [2.75, 3.05) is 7.11 Å². The second-order valence-corrected chi connectivity index (χ2v) is 4.79. The lowest BCUT2D eigenvalue weighted by Gasteiger charge is -2.19. The van der Waals surface area contributed by atoms with E-state index >= 15 is 0 Å². The summed E-state index contributed by atoms with van der Waals surface area (Å²) in [4.78, 5) is 11.7. The van der Waals surface area contributed by atoms with E-state index in [-0.39, 0.29) is 5.78 Å². The van der Waals surface area contributed by atoms with Crippen LogP contribution in [0, 0.1) is 0 Å².